The molecule has 10 heteroatoms. The summed E-state index contributed by atoms with van der Waals surface area (Å²) >= 11 is 0. The van der Waals surface area contributed by atoms with Gasteiger partial charge >= 0.3 is 0 Å². The van der Waals surface area contributed by atoms with Crippen LogP contribution < -0.4 is 14.8 Å². The molecule has 0 radical (unpaired) electrons. The Morgan fingerprint density at radius 1 is 0.969 bits per heavy atom. The second-order valence-corrected chi connectivity index (χ2v) is 8.35. The highest BCUT2D eigenvalue weighted by Gasteiger charge is 2.17. The van der Waals surface area contributed by atoms with E-state index in [0.717, 1.165) is 5.69 Å². The molecular weight excluding hydrogens is 430 g/mol. The van der Waals surface area contributed by atoms with Gasteiger partial charge in [-0.05, 0) is 60.7 Å². The highest BCUT2D eigenvalue weighted by atomic mass is 32.2. The Morgan fingerprint density at radius 3 is 2.34 bits per heavy atom. The molecule has 162 valence electrons. The van der Waals surface area contributed by atoms with Crippen LogP contribution in [0.15, 0.2) is 90.3 Å². The number of anilines is 2. The van der Waals surface area contributed by atoms with Crippen molar-refractivity contribution in [3.8, 4) is 11.4 Å². The summed E-state index contributed by atoms with van der Waals surface area (Å²) in [5.74, 6) is 0.0436. The Bertz CT molecular complexity index is 1320. The maximum atomic E-state index is 12.7. The lowest BCUT2D eigenvalue weighted by molar-refractivity contribution is 0.102. The third kappa shape index (κ3) is 4.60. The topological polar surface area (TPSA) is 115 Å². The van der Waals surface area contributed by atoms with Gasteiger partial charge in [-0.1, -0.05) is 12.1 Å². The Labute approximate surface area is 184 Å². The summed E-state index contributed by atoms with van der Waals surface area (Å²) in [6, 6.07) is 19.4. The van der Waals surface area contributed by atoms with E-state index in [9.17, 15) is 13.2 Å². The van der Waals surface area contributed by atoms with Gasteiger partial charge in [-0.15, -0.1) is 0 Å². The summed E-state index contributed by atoms with van der Waals surface area (Å²) in [6.45, 7) is 0. The third-order valence-corrected chi connectivity index (χ3v) is 5.97. The standard InChI is InChI=1S/C22H19N5O4S/c1-31-21-5-3-2-4-20(21)26-32(29,30)19-12-6-16(7-13-19)22(28)25-17-8-10-18(11-9-17)27-15-23-14-24-27/h2-15,26H,1H3,(H,25,28). The Morgan fingerprint density at radius 2 is 1.69 bits per heavy atom. The average molecular weight is 449 g/mol. The fraction of sp³-hybridized carbons (Fsp3) is 0.0455. The summed E-state index contributed by atoms with van der Waals surface area (Å²) in [5.41, 5.74) is 2.04. The van der Waals surface area contributed by atoms with Gasteiger partial charge in [-0.25, -0.2) is 18.1 Å². The summed E-state index contributed by atoms with van der Waals surface area (Å²) in [5, 5.41) is 6.82. The molecule has 0 aliphatic carbocycles. The van der Waals surface area contributed by atoms with Crippen molar-refractivity contribution in [1.29, 1.82) is 0 Å². The molecule has 0 saturated carbocycles. The SMILES string of the molecule is COc1ccccc1NS(=O)(=O)c1ccc(C(=O)Nc2ccc(-n3cncn3)cc2)cc1. The number of rotatable bonds is 7. The van der Waals surface area contributed by atoms with Crippen molar-refractivity contribution in [2.75, 3.05) is 17.1 Å². The predicted molar refractivity (Wildman–Crippen MR) is 120 cm³/mol. The lowest BCUT2D eigenvalue weighted by Gasteiger charge is -2.12. The first-order chi connectivity index (χ1) is 15.5. The molecule has 0 aliphatic rings. The minimum Gasteiger partial charge on any atom is -0.495 e. The number of benzene rings is 3. The summed E-state index contributed by atoms with van der Waals surface area (Å²) in [6.07, 6.45) is 3.01. The fourth-order valence-electron chi connectivity index (χ4n) is 2.96. The maximum Gasteiger partial charge on any atom is 0.262 e. The molecule has 0 aliphatic heterocycles. The van der Waals surface area contributed by atoms with Crippen LogP contribution in [0.4, 0.5) is 11.4 Å². The molecule has 0 saturated heterocycles. The van der Waals surface area contributed by atoms with Crippen LogP contribution in [0.25, 0.3) is 5.69 Å². The van der Waals surface area contributed by atoms with E-state index in [1.807, 2.05) is 0 Å². The quantitative estimate of drug-likeness (QED) is 0.447. The first-order valence-electron chi connectivity index (χ1n) is 9.48. The predicted octanol–water partition coefficient (Wildman–Crippen LogP) is 3.33. The van der Waals surface area contributed by atoms with E-state index in [1.54, 1.807) is 59.5 Å². The zero-order chi connectivity index (χ0) is 22.6. The monoisotopic (exact) mass is 449 g/mol. The largest absolute Gasteiger partial charge is 0.495 e. The van der Waals surface area contributed by atoms with Gasteiger partial charge in [0.2, 0.25) is 0 Å². The number of carbonyl (C=O) groups is 1. The first kappa shape index (κ1) is 21.1. The van der Waals surface area contributed by atoms with Crippen LogP contribution in [0.1, 0.15) is 10.4 Å². The van der Waals surface area contributed by atoms with Crippen LogP contribution in [0.3, 0.4) is 0 Å². The van der Waals surface area contributed by atoms with Crippen LogP contribution in [0.5, 0.6) is 5.75 Å². The van der Waals surface area contributed by atoms with E-state index in [4.69, 9.17) is 4.74 Å². The number of nitrogens with one attached hydrogen (secondary N) is 2. The van der Waals surface area contributed by atoms with Gasteiger partial charge < -0.3 is 10.1 Å². The van der Waals surface area contributed by atoms with Gasteiger partial charge in [0.15, 0.2) is 0 Å². The van der Waals surface area contributed by atoms with Crippen LogP contribution in [-0.2, 0) is 10.0 Å². The van der Waals surface area contributed by atoms with Gasteiger partial charge in [0.25, 0.3) is 15.9 Å². The van der Waals surface area contributed by atoms with Gasteiger partial charge in [-0.2, -0.15) is 5.10 Å². The Kier molecular flexibility index (Phi) is 5.86. The molecular formula is C22H19N5O4S. The number of methoxy groups -OCH3 is 1. The van der Waals surface area contributed by atoms with E-state index >= 15 is 0 Å². The zero-order valence-electron chi connectivity index (χ0n) is 17.0. The van der Waals surface area contributed by atoms with Crippen molar-refractivity contribution >= 4 is 27.3 Å². The number of aromatic nitrogens is 3. The summed E-state index contributed by atoms with van der Waals surface area (Å²) in [7, 11) is -2.39. The van der Waals surface area contributed by atoms with Gasteiger partial charge in [0.05, 0.1) is 23.4 Å². The second kappa shape index (κ2) is 8.90. The Hall–Kier alpha value is -4.18. The van der Waals surface area contributed by atoms with Crippen molar-refractivity contribution in [3.63, 3.8) is 0 Å². The maximum absolute atomic E-state index is 12.7. The van der Waals surface area contributed by atoms with Crippen molar-refractivity contribution in [1.82, 2.24) is 14.8 Å². The molecule has 0 atom stereocenters. The molecule has 0 bridgehead atoms. The molecule has 9 nitrogen and oxygen atoms in total. The highest BCUT2D eigenvalue weighted by molar-refractivity contribution is 7.92. The smallest absolute Gasteiger partial charge is 0.262 e. The molecule has 4 rings (SSSR count). The lowest BCUT2D eigenvalue weighted by atomic mass is 10.2. The number of sulfonamides is 1. The van der Waals surface area contributed by atoms with Gasteiger partial charge in [0, 0.05) is 11.3 Å². The van der Waals surface area contributed by atoms with Crippen LogP contribution in [0, 0.1) is 0 Å². The van der Waals surface area contributed by atoms with Gasteiger partial charge in [0.1, 0.15) is 18.4 Å². The normalized spacial score (nSPS) is 11.0. The lowest BCUT2D eigenvalue weighted by Crippen LogP contribution is -2.15. The highest BCUT2D eigenvalue weighted by Crippen LogP contribution is 2.26. The Balaban J connectivity index is 1.45. The summed E-state index contributed by atoms with van der Waals surface area (Å²) < 4.78 is 34.7. The van der Waals surface area contributed by atoms with E-state index in [0.29, 0.717) is 22.7 Å². The number of para-hydroxylation sites is 2. The number of nitrogens with zero attached hydrogens (tertiary/aromatic N) is 3. The van der Waals surface area contributed by atoms with Crippen molar-refractivity contribution in [2.45, 2.75) is 4.90 Å². The zero-order valence-corrected chi connectivity index (χ0v) is 17.8. The van der Waals surface area contributed by atoms with Crippen molar-refractivity contribution < 1.29 is 17.9 Å². The molecule has 0 spiro atoms. The number of hydrogen-bond donors (Lipinski definition) is 2. The number of hydrogen-bond acceptors (Lipinski definition) is 6. The molecule has 2 N–H and O–H groups in total. The molecule has 3 aromatic carbocycles. The van der Waals surface area contributed by atoms with Crippen LogP contribution >= 0.6 is 0 Å². The molecule has 1 heterocycles. The average Bonchev–Trinajstić information content (AvgIpc) is 3.35. The third-order valence-electron chi connectivity index (χ3n) is 4.59. The number of amides is 1. The van der Waals surface area contributed by atoms with E-state index < -0.39 is 10.0 Å². The molecule has 0 fully saturated rings. The first-order valence-corrected chi connectivity index (χ1v) is 11.0. The van der Waals surface area contributed by atoms with Crippen molar-refractivity contribution in [2.24, 2.45) is 0 Å². The number of carbonyl (C=O) groups excluding carboxylic acids is 1. The van der Waals surface area contributed by atoms with Crippen molar-refractivity contribution in [3.05, 3.63) is 91.0 Å². The second-order valence-electron chi connectivity index (χ2n) is 6.67. The van der Waals surface area contributed by atoms with Crippen LogP contribution in [-0.4, -0.2) is 36.2 Å². The van der Waals surface area contributed by atoms with E-state index in [-0.39, 0.29) is 10.8 Å². The minimum atomic E-state index is -3.85. The van der Waals surface area contributed by atoms with E-state index in [2.05, 4.69) is 20.1 Å². The molecule has 1 amide bonds. The molecule has 32 heavy (non-hydrogen) atoms. The number of ether oxygens (including phenoxy) is 1. The van der Waals surface area contributed by atoms with E-state index in [1.165, 1.54) is 37.7 Å². The fourth-order valence-corrected chi connectivity index (χ4v) is 4.03. The van der Waals surface area contributed by atoms with Crippen LogP contribution in [0.2, 0.25) is 0 Å². The minimum absolute atomic E-state index is 0.0251. The van der Waals surface area contributed by atoms with Gasteiger partial charge in [-0.3, -0.25) is 9.52 Å². The summed E-state index contributed by atoms with van der Waals surface area (Å²) in [4.78, 5) is 16.5. The molecule has 1 aromatic heterocycles. The molecule has 0 unspecified atom stereocenters. The molecule has 4 aromatic rings.